The number of hydrogen-bond donors (Lipinski definition) is 1. The molecule has 31 heavy (non-hydrogen) atoms. The fraction of sp³-hybridized carbons (Fsp3) is 0.391. The number of nitrogens with one attached hydrogen (secondary N) is 1. The molecular weight excluding hydrogens is 416 g/mol. The van der Waals surface area contributed by atoms with Gasteiger partial charge in [-0.3, -0.25) is 4.79 Å². The summed E-state index contributed by atoms with van der Waals surface area (Å²) in [5.41, 5.74) is 2.86. The van der Waals surface area contributed by atoms with Gasteiger partial charge < -0.3 is 10.1 Å². The molecule has 0 radical (unpaired) electrons. The second-order valence-corrected chi connectivity index (χ2v) is 9.67. The number of anilines is 1. The van der Waals surface area contributed by atoms with Crippen LogP contribution >= 0.6 is 0 Å². The molecule has 1 fully saturated rings. The number of rotatable bonds is 7. The van der Waals surface area contributed by atoms with E-state index in [1.54, 1.807) is 31.2 Å². The molecule has 0 bridgehead atoms. The van der Waals surface area contributed by atoms with Crippen LogP contribution in [0.5, 0.6) is 0 Å². The van der Waals surface area contributed by atoms with Gasteiger partial charge >= 0.3 is 5.97 Å². The van der Waals surface area contributed by atoms with Crippen molar-refractivity contribution in [2.75, 3.05) is 25.0 Å². The lowest BCUT2D eigenvalue weighted by molar-refractivity contribution is -0.120. The SMILES string of the molecule is CCOC(=O)c1ccc(NC(=O)C2CCN(S(=O)(=O)Cc3ccc(C)cc3)CC2)cc1. The minimum Gasteiger partial charge on any atom is -0.462 e. The number of carbonyl (C=O) groups is 2. The summed E-state index contributed by atoms with van der Waals surface area (Å²) in [7, 11) is -3.42. The second-order valence-electron chi connectivity index (χ2n) is 7.70. The number of esters is 1. The van der Waals surface area contributed by atoms with Gasteiger partial charge in [0.05, 0.1) is 17.9 Å². The Bertz CT molecular complexity index is 1010. The number of piperidine rings is 1. The van der Waals surface area contributed by atoms with E-state index in [0.29, 0.717) is 43.8 Å². The molecule has 0 atom stereocenters. The topological polar surface area (TPSA) is 92.8 Å². The van der Waals surface area contributed by atoms with Crippen molar-refractivity contribution in [3.8, 4) is 0 Å². The number of carbonyl (C=O) groups excluding carboxylic acids is 2. The average molecular weight is 445 g/mol. The molecule has 1 amide bonds. The van der Waals surface area contributed by atoms with Crippen LogP contribution in [-0.4, -0.2) is 44.3 Å². The van der Waals surface area contributed by atoms with E-state index in [1.165, 1.54) is 4.31 Å². The van der Waals surface area contributed by atoms with Gasteiger partial charge in [-0.2, -0.15) is 0 Å². The van der Waals surface area contributed by atoms with Crippen molar-refractivity contribution < 1.29 is 22.7 Å². The van der Waals surface area contributed by atoms with Crippen LogP contribution in [0.15, 0.2) is 48.5 Å². The maximum atomic E-state index is 12.7. The zero-order valence-electron chi connectivity index (χ0n) is 17.8. The first-order valence-electron chi connectivity index (χ1n) is 10.4. The fourth-order valence-electron chi connectivity index (χ4n) is 3.53. The predicted molar refractivity (Wildman–Crippen MR) is 119 cm³/mol. The smallest absolute Gasteiger partial charge is 0.338 e. The molecule has 7 nitrogen and oxygen atoms in total. The molecule has 1 saturated heterocycles. The van der Waals surface area contributed by atoms with Gasteiger partial charge in [0.2, 0.25) is 15.9 Å². The van der Waals surface area contributed by atoms with Crippen molar-refractivity contribution in [1.82, 2.24) is 4.31 Å². The number of amides is 1. The highest BCUT2D eigenvalue weighted by molar-refractivity contribution is 7.88. The van der Waals surface area contributed by atoms with Crippen molar-refractivity contribution in [3.63, 3.8) is 0 Å². The average Bonchev–Trinajstić information content (AvgIpc) is 2.76. The van der Waals surface area contributed by atoms with Gasteiger partial charge in [0.15, 0.2) is 0 Å². The second kappa shape index (κ2) is 10.1. The lowest BCUT2D eigenvalue weighted by Crippen LogP contribution is -2.41. The van der Waals surface area contributed by atoms with E-state index in [4.69, 9.17) is 4.74 Å². The summed E-state index contributed by atoms with van der Waals surface area (Å²) >= 11 is 0. The minimum absolute atomic E-state index is 0.0308. The number of aryl methyl sites for hydroxylation is 1. The van der Waals surface area contributed by atoms with Crippen molar-refractivity contribution in [2.45, 2.75) is 32.4 Å². The maximum Gasteiger partial charge on any atom is 0.338 e. The molecule has 1 N–H and O–H groups in total. The molecule has 8 heteroatoms. The highest BCUT2D eigenvalue weighted by Crippen LogP contribution is 2.23. The zero-order chi connectivity index (χ0) is 22.4. The molecule has 0 unspecified atom stereocenters. The quantitative estimate of drug-likeness (QED) is 0.661. The number of nitrogens with zero attached hydrogens (tertiary/aromatic N) is 1. The van der Waals surface area contributed by atoms with Crippen LogP contribution in [0.1, 0.15) is 41.3 Å². The molecule has 0 saturated carbocycles. The van der Waals surface area contributed by atoms with Crippen LogP contribution in [-0.2, 0) is 25.3 Å². The highest BCUT2D eigenvalue weighted by atomic mass is 32.2. The molecule has 2 aromatic rings. The van der Waals surface area contributed by atoms with Gasteiger partial charge in [0, 0.05) is 24.7 Å². The van der Waals surface area contributed by atoms with Crippen LogP contribution < -0.4 is 5.32 Å². The van der Waals surface area contributed by atoms with Crippen molar-refractivity contribution >= 4 is 27.6 Å². The first-order chi connectivity index (χ1) is 14.8. The number of benzene rings is 2. The summed E-state index contributed by atoms with van der Waals surface area (Å²) in [6.45, 7) is 4.66. The minimum atomic E-state index is -3.42. The fourth-order valence-corrected chi connectivity index (χ4v) is 5.09. The normalized spacial score (nSPS) is 15.4. The van der Waals surface area contributed by atoms with E-state index in [-0.39, 0.29) is 17.6 Å². The van der Waals surface area contributed by atoms with Crippen molar-refractivity contribution in [2.24, 2.45) is 5.92 Å². The van der Waals surface area contributed by atoms with Gasteiger partial charge in [-0.05, 0) is 56.5 Å². The molecule has 166 valence electrons. The predicted octanol–water partition coefficient (Wildman–Crippen LogP) is 3.35. The summed E-state index contributed by atoms with van der Waals surface area (Å²) in [6, 6.07) is 14.0. The third-order valence-electron chi connectivity index (χ3n) is 5.35. The lowest BCUT2D eigenvalue weighted by Gasteiger charge is -2.30. The van der Waals surface area contributed by atoms with E-state index in [2.05, 4.69) is 5.32 Å². The Hall–Kier alpha value is -2.71. The van der Waals surface area contributed by atoms with Gasteiger partial charge in [-0.25, -0.2) is 17.5 Å². The zero-order valence-corrected chi connectivity index (χ0v) is 18.7. The highest BCUT2D eigenvalue weighted by Gasteiger charge is 2.31. The molecule has 1 aliphatic heterocycles. The van der Waals surface area contributed by atoms with Crippen LogP contribution in [0.2, 0.25) is 0 Å². The lowest BCUT2D eigenvalue weighted by atomic mass is 9.97. The number of ether oxygens (including phenoxy) is 1. The molecule has 0 aliphatic carbocycles. The molecule has 3 rings (SSSR count). The Labute approximate surface area is 183 Å². The Morgan fingerprint density at radius 2 is 1.65 bits per heavy atom. The first kappa shape index (κ1) is 23.0. The number of hydrogen-bond acceptors (Lipinski definition) is 5. The van der Waals surface area contributed by atoms with Crippen LogP contribution in [0.3, 0.4) is 0 Å². The molecule has 2 aromatic carbocycles. The van der Waals surface area contributed by atoms with Gasteiger partial charge in [0.1, 0.15) is 0 Å². The van der Waals surface area contributed by atoms with Gasteiger partial charge in [-0.15, -0.1) is 0 Å². The Kier molecular flexibility index (Phi) is 7.46. The molecule has 0 aromatic heterocycles. The third-order valence-corrected chi connectivity index (χ3v) is 7.20. The van der Waals surface area contributed by atoms with E-state index in [0.717, 1.165) is 11.1 Å². The van der Waals surface area contributed by atoms with E-state index in [9.17, 15) is 18.0 Å². The molecule has 1 aliphatic rings. The molecule has 1 heterocycles. The van der Waals surface area contributed by atoms with Crippen molar-refractivity contribution in [1.29, 1.82) is 0 Å². The maximum absolute atomic E-state index is 12.7. The first-order valence-corrected chi connectivity index (χ1v) is 12.0. The summed E-state index contributed by atoms with van der Waals surface area (Å²) in [5, 5.41) is 2.85. The largest absolute Gasteiger partial charge is 0.462 e. The summed E-state index contributed by atoms with van der Waals surface area (Å²) in [6.07, 6.45) is 0.944. The van der Waals surface area contributed by atoms with E-state index < -0.39 is 16.0 Å². The molecule has 0 spiro atoms. The van der Waals surface area contributed by atoms with Gasteiger partial charge in [-0.1, -0.05) is 29.8 Å². The van der Waals surface area contributed by atoms with Gasteiger partial charge in [0.25, 0.3) is 0 Å². The number of sulfonamides is 1. The van der Waals surface area contributed by atoms with Crippen LogP contribution in [0, 0.1) is 12.8 Å². The third kappa shape index (κ3) is 6.15. The van der Waals surface area contributed by atoms with Crippen molar-refractivity contribution in [3.05, 3.63) is 65.2 Å². The standard InChI is InChI=1S/C23H28N2O5S/c1-3-30-23(27)20-8-10-21(11-9-20)24-22(26)19-12-14-25(15-13-19)31(28,29)16-18-6-4-17(2)5-7-18/h4-11,19H,3,12-16H2,1-2H3,(H,24,26). The Balaban J connectivity index is 1.52. The molecular formula is C23H28N2O5S. The summed E-state index contributed by atoms with van der Waals surface area (Å²) in [4.78, 5) is 24.3. The van der Waals surface area contributed by atoms with Crippen LogP contribution in [0.25, 0.3) is 0 Å². The summed E-state index contributed by atoms with van der Waals surface area (Å²) < 4.78 is 31.9. The monoisotopic (exact) mass is 444 g/mol. The Morgan fingerprint density at radius 3 is 2.23 bits per heavy atom. The van der Waals surface area contributed by atoms with E-state index in [1.807, 2.05) is 31.2 Å². The summed E-state index contributed by atoms with van der Waals surface area (Å²) in [5.74, 6) is -0.827. The van der Waals surface area contributed by atoms with E-state index >= 15 is 0 Å². The van der Waals surface area contributed by atoms with Crippen LogP contribution in [0.4, 0.5) is 5.69 Å². The Morgan fingerprint density at radius 1 is 1.03 bits per heavy atom.